The van der Waals surface area contributed by atoms with E-state index >= 15 is 0 Å². The molecule has 2 amide bonds. The van der Waals surface area contributed by atoms with Crippen molar-refractivity contribution >= 4 is 28.8 Å². The Kier molecular flexibility index (Phi) is 5.15. The number of carbonyl (C=O) groups is 2. The van der Waals surface area contributed by atoms with Crippen LogP contribution in [0.5, 0.6) is 0 Å². The highest BCUT2D eigenvalue weighted by molar-refractivity contribution is 7.14. The van der Waals surface area contributed by atoms with Crippen LogP contribution in [0.25, 0.3) is 0 Å². The van der Waals surface area contributed by atoms with Crippen molar-refractivity contribution in [2.45, 2.75) is 26.4 Å². The summed E-state index contributed by atoms with van der Waals surface area (Å²) in [6.07, 6.45) is 0.348. The number of benzene rings is 2. The molecule has 29 heavy (non-hydrogen) atoms. The number of nitrogens with zero attached hydrogens (tertiary/aromatic N) is 2. The summed E-state index contributed by atoms with van der Waals surface area (Å²) in [5.74, 6) is -0.208. The third-order valence-electron chi connectivity index (χ3n) is 4.90. The monoisotopic (exact) mass is 401 g/mol. The summed E-state index contributed by atoms with van der Waals surface area (Å²) < 4.78 is 0. The number of hydrogen-bond acceptors (Lipinski definition) is 4. The quantitative estimate of drug-likeness (QED) is 0.683. The third-order valence-corrected chi connectivity index (χ3v) is 5.90. The Morgan fingerprint density at radius 2 is 1.97 bits per heavy atom. The minimum absolute atomic E-state index is 0.0475. The zero-order valence-electron chi connectivity index (χ0n) is 15.9. The predicted molar refractivity (Wildman–Crippen MR) is 113 cm³/mol. The van der Waals surface area contributed by atoms with E-state index in [0.29, 0.717) is 35.6 Å². The van der Waals surface area contributed by atoms with Gasteiger partial charge < -0.3 is 10.2 Å². The molecule has 0 aliphatic carbocycles. The SMILES string of the molecule is Cc1ccc(C(=O)Nc2cccc3c2CN(Cc2cccc(CC#N)c2)C3=O)s1. The van der Waals surface area contributed by atoms with E-state index in [4.69, 9.17) is 5.26 Å². The number of anilines is 1. The summed E-state index contributed by atoms with van der Waals surface area (Å²) in [5.41, 5.74) is 4.06. The lowest BCUT2D eigenvalue weighted by molar-refractivity contribution is 0.0766. The van der Waals surface area contributed by atoms with Crippen molar-refractivity contribution in [2.24, 2.45) is 0 Å². The Bertz CT molecular complexity index is 1140. The van der Waals surface area contributed by atoms with Gasteiger partial charge in [0.2, 0.25) is 0 Å². The lowest BCUT2D eigenvalue weighted by atomic mass is 10.1. The summed E-state index contributed by atoms with van der Waals surface area (Å²) >= 11 is 1.44. The Morgan fingerprint density at radius 1 is 1.17 bits per heavy atom. The second-order valence-corrected chi connectivity index (χ2v) is 8.30. The van der Waals surface area contributed by atoms with Crippen molar-refractivity contribution in [3.8, 4) is 6.07 Å². The number of fused-ring (bicyclic) bond motifs is 1. The summed E-state index contributed by atoms with van der Waals surface area (Å²) in [7, 11) is 0. The molecule has 3 aromatic rings. The summed E-state index contributed by atoms with van der Waals surface area (Å²) in [5, 5.41) is 11.9. The minimum atomic E-state index is -0.161. The summed E-state index contributed by atoms with van der Waals surface area (Å²) in [4.78, 5) is 28.9. The van der Waals surface area contributed by atoms with Gasteiger partial charge in [0.05, 0.1) is 17.4 Å². The Hall–Kier alpha value is -3.43. The lowest BCUT2D eigenvalue weighted by Gasteiger charge is -2.16. The number of thiophene rings is 1. The van der Waals surface area contributed by atoms with Gasteiger partial charge in [-0.25, -0.2) is 0 Å². The molecule has 1 aliphatic heterocycles. The zero-order valence-corrected chi connectivity index (χ0v) is 16.8. The van der Waals surface area contributed by atoms with Gasteiger partial charge in [-0.1, -0.05) is 30.3 Å². The van der Waals surface area contributed by atoms with Crippen molar-refractivity contribution in [1.29, 1.82) is 5.26 Å². The van der Waals surface area contributed by atoms with E-state index in [9.17, 15) is 9.59 Å². The number of nitriles is 1. The average molecular weight is 401 g/mol. The van der Waals surface area contributed by atoms with Gasteiger partial charge in [-0.2, -0.15) is 5.26 Å². The fraction of sp³-hybridized carbons (Fsp3) is 0.174. The van der Waals surface area contributed by atoms with E-state index < -0.39 is 0 Å². The Labute approximate surface area is 173 Å². The van der Waals surface area contributed by atoms with E-state index in [1.165, 1.54) is 11.3 Å². The molecule has 0 unspecified atom stereocenters. The van der Waals surface area contributed by atoms with Crippen LogP contribution in [0.1, 0.15) is 41.6 Å². The second kappa shape index (κ2) is 7.90. The molecule has 1 aliphatic rings. The van der Waals surface area contributed by atoms with E-state index in [0.717, 1.165) is 21.6 Å². The summed E-state index contributed by atoms with van der Waals surface area (Å²) in [6.45, 7) is 2.87. The molecule has 2 heterocycles. The van der Waals surface area contributed by atoms with Crippen LogP contribution < -0.4 is 5.32 Å². The Balaban J connectivity index is 1.54. The number of aryl methyl sites for hydroxylation is 1. The molecule has 5 nitrogen and oxygen atoms in total. The number of rotatable bonds is 5. The van der Waals surface area contributed by atoms with Crippen LogP contribution >= 0.6 is 11.3 Å². The van der Waals surface area contributed by atoms with Crippen molar-refractivity contribution in [3.63, 3.8) is 0 Å². The highest BCUT2D eigenvalue weighted by Crippen LogP contribution is 2.31. The molecule has 1 aromatic heterocycles. The normalized spacial score (nSPS) is 12.6. The maximum atomic E-state index is 12.9. The van der Waals surface area contributed by atoms with E-state index in [1.54, 1.807) is 17.0 Å². The van der Waals surface area contributed by atoms with Crippen LogP contribution in [-0.4, -0.2) is 16.7 Å². The van der Waals surface area contributed by atoms with Gasteiger partial charge in [-0.3, -0.25) is 9.59 Å². The third kappa shape index (κ3) is 3.91. The van der Waals surface area contributed by atoms with Gasteiger partial charge in [0.1, 0.15) is 0 Å². The summed E-state index contributed by atoms with van der Waals surface area (Å²) in [6, 6.07) is 19.0. The molecule has 0 radical (unpaired) electrons. The fourth-order valence-corrected chi connectivity index (χ4v) is 4.29. The molecule has 2 aromatic carbocycles. The molecule has 0 bridgehead atoms. The van der Waals surface area contributed by atoms with Gasteiger partial charge in [-0.15, -0.1) is 11.3 Å². The number of carbonyl (C=O) groups excluding carboxylic acids is 2. The molecule has 0 saturated carbocycles. The highest BCUT2D eigenvalue weighted by Gasteiger charge is 2.29. The van der Waals surface area contributed by atoms with Crippen LogP contribution in [0, 0.1) is 18.3 Å². The topological polar surface area (TPSA) is 73.2 Å². The molecular formula is C23H19N3O2S. The van der Waals surface area contributed by atoms with Gasteiger partial charge in [0.25, 0.3) is 11.8 Å². The average Bonchev–Trinajstić information content (AvgIpc) is 3.27. The first-order valence-electron chi connectivity index (χ1n) is 9.29. The molecule has 1 N–H and O–H groups in total. The molecule has 0 saturated heterocycles. The van der Waals surface area contributed by atoms with Crippen LogP contribution in [0.3, 0.4) is 0 Å². The van der Waals surface area contributed by atoms with Crippen molar-refractivity contribution in [2.75, 3.05) is 5.32 Å². The smallest absolute Gasteiger partial charge is 0.265 e. The maximum Gasteiger partial charge on any atom is 0.265 e. The van der Waals surface area contributed by atoms with E-state index in [2.05, 4.69) is 11.4 Å². The van der Waals surface area contributed by atoms with Gasteiger partial charge >= 0.3 is 0 Å². The lowest BCUT2D eigenvalue weighted by Crippen LogP contribution is -2.23. The van der Waals surface area contributed by atoms with Crippen LogP contribution in [0.15, 0.2) is 54.6 Å². The Morgan fingerprint density at radius 3 is 2.72 bits per heavy atom. The molecule has 0 atom stereocenters. The van der Waals surface area contributed by atoms with E-state index in [1.807, 2.05) is 49.4 Å². The minimum Gasteiger partial charge on any atom is -0.330 e. The molecule has 0 fully saturated rings. The van der Waals surface area contributed by atoms with Crippen molar-refractivity contribution in [3.05, 3.63) is 86.6 Å². The molecule has 144 valence electrons. The second-order valence-electron chi connectivity index (χ2n) is 7.01. The number of amides is 2. The molecule has 0 spiro atoms. The van der Waals surface area contributed by atoms with Crippen LogP contribution in [-0.2, 0) is 19.5 Å². The van der Waals surface area contributed by atoms with Gasteiger partial charge in [0.15, 0.2) is 0 Å². The molecular weight excluding hydrogens is 382 g/mol. The van der Waals surface area contributed by atoms with Crippen LogP contribution in [0.4, 0.5) is 5.69 Å². The largest absolute Gasteiger partial charge is 0.330 e. The fourth-order valence-electron chi connectivity index (χ4n) is 3.53. The number of nitrogens with one attached hydrogen (secondary N) is 1. The molecule has 6 heteroatoms. The predicted octanol–water partition coefficient (Wildman–Crippen LogP) is 4.53. The van der Waals surface area contributed by atoms with Gasteiger partial charge in [-0.05, 0) is 42.3 Å². The first kappa shape index (κ1) is 18.9. The molecule has 4 rings (SSSR count). The van der Waals surface area contributed by atoms with Crippen molar-refractivity contribution < 1.29 is 9.59 Å². The van der Waals surface area contributed by atoms with Crippen LogP contribution in [0.2, 0.25) is 0 Å². The van der Waals surface area contributed by atoms with Gasteiger partial charge in [0, 0.05) is 34.8 Å². The standard InChI is InChI=1S/C23H19N3O2S/c1-15-8-9-21(29-15)22(27)25-20-7-3-6-18-19(20)14-26(23(18)28)13-17-5-2-4-16(12-17)10-11-24/h2-9,12H,10,13-14H2,1H3,(H,25,27). The first-order valence-corrected chi connectivity index (χ1v) is 10.1. The number of hydrogen-bond donors (Lipinski definition) is 1. The maximum absolute atomic E-state index is 12.9. The zero-order chi connectivity index (χ0) is 20.4. The first-order chi connectivity index (χ1) is 14.0. The van der Waals surface area contributed by atoms with E-state index in [-0.39, 0.29) is 11.8 Å². The highest BCUT2D eigenvalue weighted by atomic mass is 32.1. The van der Waals surface area contributed by atoms with Crippen molar-refractivity contribution in [1.82, 2.24) is 4.90 Å².